The number of sulfonamides is 1. The molecule has 2 heterocycles. The van der Waals surface area contributed by atoms with Crippen molar-refractivity contribution in [1.29, 1.82) is 0 Å². The summed E-state index contributed by atoms with van der Waals surface area (Å²) < 4.78 is 39.4. The van der Waals surface area contributed by atoms with Crippen LogP contribution in [0.15, 0.2) is 29.2 Å². The number of carbonyl (C=O) groups is 1. The second kappa shape index (κ2) is 5.06. The van der Waals surface area contributed by atoms with Crippen LogP contribution < -0.4 is 0 Å². The lowest BCUT2D eigenvalue weighted by Gasteiger charge is -2.36. The fourth-order valence-corrected chi connectivity index (χ4v) is 4.55. The van der Waals surface area contributed by atoms with Crippen LogP contribution in [0.1, 0.15) is 13.3 Å². The van der Waals surface area contributed by atoms with Crippen LogP contribution in [0, 0.1) is 11.7 Å². The fraction of sp³-hybridized carbons (Fsp3) is 0.500. The first-order chi connectivity index (χ1) is 9.89. The molecule has 1 aromatic carbocycles. The lowest BCUT2D eigenvalue weighted by Crippen LogP contribution is -2.53. The average molecular weight is 312 g/mol. The Morgan fingerprint density at radius 1 is 1.19 bits per heavy atom. The van der Waals surface area contributed by atoms with Gasteiger partial charge in [-0.05, 0) is 30.7 Å². The molecule has 0 spiro atoms. The molecule has 2 atom stereocenters. The predicted octanol–water partition coefficient (Wildman–Crippen LogP) is 1.07. The van der Waals surface area contributed by atoms with Gasteiger partial charge in [0.15, 0.2) is 0 Å². The number of fused-ring (bicyclic) bond motifs is 1. The van der Waals surface area contributed by atoms with Gasteiger partial charge in [0.05, 0.1) is 4.90 Å². The summed E-state index contributed by atoms with van der Waals surface area (Å²) in [5, 5.41) is 0. The highest BCUT2D eigenvalue weighted by atomic mass is 32.2. The third-order valence-electron chi connectivity index (χ3n) is 4.23. The summed E-state index contributed by atoms with van der Waals surface area (Å²) in [5.41, 5.74) is 0. The third kappa shape index (κ3) is 2.44. The molecule has 0 unspecified atom stereocenters. The van der Waals surface area contributed by atoms with Gasteiger partial charge in [0, 0.05) is 31.6 Å². The molecule has 0 radical (unpaired) electrons. The van der Waals surface area contributed by atoms with Gasteiger partial charge in [-0.2, -0.15) is 4.31 Å². The van der Waals surface area contributed by atoms with Crippen molar-refractivity contribution in [2.45, 2.75) is 24.3 Å². The zero-order valence-corrected chi connectivity index (χ0v) is 12.5. The van der Waals surface area contributed by atoms with Crippen molar-refractivity contribution in [3.05, 3.63) is 30.1 Å². The van der Waals surface area contributed by atoms with Gasteiger partial charge in [-0.1, -0.05) is 6.92 Å². The zero-order valence-electron chi connectivity index (χ0n) is 11.7. The van der Waals surface area contributed by atoms with E-state index in [0.29, 0.717) is 19.5 Å². The van der Waals surface area contributed by atoms with E-state index >= 15 is 0 Å². The Kier molecular flexibility index (Phi) is 3.49. The summed E-state index contributed by atoms with van der Waals surface area (Å²) >= 11 is 0. The highest BCUT2D eigenvalue weighted by molar-refractivity contribution is 7.89. The molecule has 0 bridgehead atoms. The third-order valence-corrected chi connectivity index (χ3v) is 6.11. The van der Waals surface area contributed by atoms with Crippen molar-refractivity contribution in [3.8, 4) is 0 Å². The normalized spacial score (nSPS) is 27.0. The summed E-state index contributed by atoms with van der Waals surface area (Å²) in [6.45, 7) is 2.90. The predicted molar refractivity (Wildman–Crippen MR) is 74.4 cm³/mol. The Labute approximate surface area is 123 Å². The van der Waals surface area contributed by atoms with E-state index in [0.717, 1.165) is 12.1 Å². The molecule has 1 aromatic rings. The first-order valence-electron chi connectivity index (χ1n) is 6.96. The van der Waals surface area contributed by atoms with Crippen LogP contribution in [-0.2, 0) is 14.8 Å². The molecular formula is C14H17FN2O3S. The standard InChI is InChI=1S/C14H17FN2O3S/c1-10-8-12-9-16(6-7-17(12)14(10)18)21(19,20)13-4-2-11(15)3-5-13/h2-5,10,12H,6-9H2,1H3/t10-,12+/m0/s1. The van der Waals surface area contributed by atoms with Gasteiger partial charge in [-0.15, -0.1) is 0 Å². The monoisotopic (exact) mass is 312 g/mol. The highest BCUT2D eigenvalue weighted by Gasteiger charge is 2.42. The van der Waals surface area contributed by atoms with Crippen LogP contribution in [-0.4, -0.2) is 49.2 Å². The molecule has 114 valence electrons. The van der Waals surface area contributed by atoms with Crippen molar-refractivity contribution in [2.24, 2.45) is 5.92 Å². The van der Waals surface area contributed by atoms with Gasteiger partial charge in [0.25, 0.3) is 0 Å². The maximum absolute atomic E-state index is 12.9. The van der Waals surface area contributed by atoms with Gasteiger partial charge in [0.1, 0.15) is 5.82 Å². The van der Waals surface area contributed by atoms with E-state index < -0.39 is 15.8 Å². The number of nitrogens with zero attached hydrogens (tertiary/aromatic N) is 2. The molecular weight excluding hydrogens is 295 g/mol. The molecule has 2 aliphatic rings. The minimum Gasteiger partial charge on any atom is -0.337 e. The molecule has 0 aromatic heterocycles. The summed E-state index contributed by atoms with van der Waals surface area (Å²) in [6, 6.07) is 4.80. The average Bonchev–Trinajstić information content (AvgIpc) is 2.74. The SMILES string of the molecule is C[C@H]1C[C@@H]2CN(S(=O)(=O)c3ccc(F)cc3)CCN2C1=O. The minimum absolute atomic E-state index is 0.0384. The van der Waals surface area contributed by atoms with Gasteiger partial charge in [-0.3, -0.25) is 4.79 Å². The summed E-state index contributed by atoms with van der Waals surface area (Å²) in [7, 11) is -3.62. The molecule has 0 aliphatic carbocycles. The second-order valence-electron chi connectivity index (χ2n) is 5.64. The van der Waals surface area contributed by atoms with Crippen LogP contribution in [0.5, 0.6) is 0 Å². The van der Waals surface area contributed by atoms with Gasteiger partial charge in [-0.25, -0.2) is 12.8 Å². The first kappa shape index (κ1) is 14.5. The van der Waals surface area contributed by atoms with Crippen molar-refractivity contribution < 1.29 is 17.6 Å². The summed E-state index contributed by atoms with van der Waals surface area (Å²) in [5.74, 6) is -0.392. The van der Waals surface area contributed by atoms with Crippen molar-refractivity contribution in [2.75, 3.05) is 19.6 Å². The number of rotatable bonds is 2. The summed E-state index contributed by atoms with van der Waals surface area (Å²) in [4.78, 5) is 13.8. The topological polar surface area (TPSA) is 57.7 Å². The van der Waals surface area contributed by atoms with Gasteiger partial charge >= 0.3 is 0 Å². The smallest absolute Gasteiger partial charge is 0.243 e. The molecule has 2 fully saturated rings. The Hall–Kier alpha value is -1.47. The molecule has 5 nitrogen and oxygen atoms in total. The Morgan fingerprint density at radius 3 is 2.52 bits per heavy atom. The lowest BCUT2D eigenvalue weighted by atomic mass is 10.1. The molecule has 0 saturated carbocycles. The maximum atomic E-state index is 12.9. The van der Waals surface area contributed by atoms with Crippen molar-refractivity contribution >= 4 is 15.9 Å². The Bertz CT molecular complexity index is 659. The van der Waals surface area contributed by atoms with E-state index in [2.05, 4.69) is 0 Å². The highest BCUT2D eigenvalue weighted by Crippen LogP contribution is 2.29. The van der Waals surface area contributed by atoms with E-state index in [1.807, 2.05) is 6.92 Å². The number of amides is 1. The number of carbonyl (C=O) groups excluding carboxylic acids is 1. The fourth-order valence-electron chi connectivity index (χ4n) is 3.08. The molecule has 7 heteroatoms. The number of benzene rings is 1. The number of hydrogen-bond donors (Lipinski definition) is 0. The minimum atomic E-state index is -3.62. The van der Waals surface area contributed by atoms with E-state index in [4.69, 9.17) is 0 Å². The molecule has 2 aliphatic heterocycles. The largest absolute Gasteiger partial charge is 0.337 e. The Balaban J connectivity index is 1.82. The Morgan fingerprint density at radius 2 is 1.86 bits per heavy atom. The quantitative estimate of drug-likeness (QED) is 0.821. The molecule has 2 saturated heterocycles. The first-order valence-corrected chi connectivity index (χ1v) is 8.40. The van der Waals surface area contributed by atoms with E-state index in [1.165, 1.54) is 16.4 Å². The van der Waals surface area contributed by atoms with Crippen LogP contribution in [0.3, 0.4) is 0 Å². The van der Waals surface area contributed by atoms with Crippen LogP contribution >= 0.6 is 0 Å². The van der Waals surface area contributed by atoms with Crippen molar-refractivity contribution in [1.82, 2.24) is 9.21 Å². The zero-order chi connectivity index (χ0) is 15.2. The summed E-state index contributed by atoms with van der Waals surface area (Å²) in [6.07, 6.45) is 0.689. The maximum Gasteiger partial charge on any atom is 0.243 e. The molecule has 0 N–H and O–H groups in total. The molecule has 21 heavy (non-hydrogen) atoms. The van der Waals surface area contributed by atoms with Gasteiger partial charge in [0.2, 0.25) is 15.9 Å². The van der Waals surface area contributed by atoms with E-state index in [1.54, 1.807) is 4.90 Å². The van der Waals surface area contributed by atoms with Crippen LogP contribution in [0.25, 0.3) is 0 Å². The van der Waals surface area contributed by atoms with E-state index in [-0.39, 0.29) is 29.3 Å². The number of hydrogen-bond acceptors (Lipinski definition) is 3. The number of halogens is 1. The van der Waals surface area contributed by atoms with Crippen LogP contribution in [0.4, 0.5) is 4.39 Å². The molecule has 3 rings (SSSR count). The lowest BCUT2D eigenvalue weighted by molar-refractivity contribution is -0.132. The number of piperazine rings is 1. The van der Waals surface area contributed by atoms with Crippen molar-refractivity contribution in [3.63, 3.8) is 0 Å². The molecule has 1 amide bonds. The van der Waals surface area contributed by atoms with Gasteiger partial charge < -0.3 is 4.90 Å². The van der Waals surface area contributed by atoms with Crippen LogP contribution in [0.2, 0.25) is 0 Å². The second-order valence-corrected chi connectivity index (χ2v) is 7.58. The van der Waals surface area contributed by atoms with E-state index in [9.17, 15) is 17.6 Å².